The largest absolute Gasteiger partial charge is 0.399 e. The van der Waals surface area contributed by atoms with Crippen molar-refractivity contribution in [3.63, 3.8) is 0 Å². The van der Waals surface area contributed by atoms with Gasteiger partial charge in [0.2, 0.25) is 0 Å². The van der Waals surface area contributed by atoms with Gasteiger partial charge in [-0.2, -0.15) is 0 Å². The van der Waals surface area contributed by atoms with Crippen LogP contribution in [0.15, 0.2) is 50.9 Å². The lowest BCUT2D eigenvalue weighted by Crippen LogP contribution is -1.90. The Morgan fingerprint density at radius 2 is 2.20 bits per heavy atom. The van der Waals surface area contributed by atoms with Crippen LogP contribution in [0, 0.1) is 0 Å². The maximum atomic E-state index is 5.90. The molecule has 0 saturated heterocycles. The molecular formula is C13H10ClN3OS2. The number of benzene rings is 1. The monoisotopic (exact) mass is 323 g/mol. The minimum Gasteiger partial charge on any atom is -0.399 e. The molecule has 0 saturated carbocycles. The molecule has 1 aromatic carbocycles. The maximum Gasteiger partial charge on any atom is 0.195 e. The molecular weight excluding hydrogens is 314 g/mol. The van der Waals surface area contributed by atoms with Crippen molar-refractivity contribution in [3.8, 4) is 0 Å². The van der Waals surface area contributed by atoms with Gasteiger partial charge in [0, 0.05) is 21.5 Å². The first kappa shape index (κ1) is 13.5. The third kappa shape index (κ3) is 2.67. The van der Waals surface area contributed by atoms with Crippen molar-refractivity contribution in [3.05, 3.63) is 46.6 Å². The molecule has 20 heavy (non-hydrogen) atoms. The Labute approximate surface area is 129 Å². The number of rotatable bonds is 4. The smallest absolute Gasteiger partial charge is 0.195 e. The first-order chi connectivity index (χ1) is 9.78. The summed E-state index contributed by atoms with van der Waals surface area (Å²) in [5.74, 6) is 0. The van der Waals surface area contributed by atoms with Gasteiger partial charge in [-0.15, -0.1) is 11.3 Å². The Balaban J connectivity index is 1.99. The Morgan fingerprint density at radius 3 is 2.95 bits per heavy atom. The molecule has 0 spiro atoms. The molecule has 0 fully saturated rings. The summed E-state index contributed by atoms with van der Waals surface area (Å²) in [6.07, 6.45) is 3.64. The van der Waals surface area contributed by atoms with E-state index in [2.05, 4.69) is 10.1 Å². The first-order valence-corrected chi connectivity index (χ1v) is 7.81. The Hall–Kier alpha value is -1.50. The van der Waals surface area contributed by atoms with Gasteiger partial charge >= 0.3 is 0 Å². The van der Waals surface area contributed by atoms with Crippen molar-refractivity contribution < 1.29 is 4.84 Å². The quantitative estimate of drug-likeness (QED) is 0.534. The van der Waals surface area contributed by atoms with Crippen molar-refractivity contribution in [2.45, 2.75) is 9.92 Å². The standard InChI is InChI=1S/C13H10ClN3OS2/c1-18-15-8-11-12(16-13-17(11)6-7-19-13)20-10-4-2-9(14)3-5-10/h2-8H,1H3/b15-8-. The number of hydrogen-bond acceptors (Lipinski definition) is 5. The van der Waals surface area contributed by atoms with E-state index in [4.69, 9.17) is 16.4 Å². The van der Waals surface area contributed by atoms with Crippen molar-refractivity contribution in [1.29, 1.82) is 0 Å². The molecule has 0 aliphatic carbocycles. The van der Waals surface area contributed by atoms with Gasteiger partial charge in [-0.25, -0.2) is 4.98 Å². The highest BCUT2D eigenvalue weighted by Crippen LogP contribution is 2.31. The van der Waals surface area contributed by atoms with E-state index in [1.54, 1.807) is 29.3 Å². The van der Waals surface area contributed by atoms with Crippen LogP contribution in [0.4, 0.5) is 0 Å². The molecule has 3 aromatic rings. The molecule has 102 valence electrons. The second-order valence-electron chi connectivity index (χ2n) is 3.83. The first-order valence-electron chi connectivity index (χ1n) is 5.73. The van der Waals surface area contributed by atoms with E-state index in [0.717, 1.165) is 25.6 Å². The summed E-state index contributed by atoms with van der Waals surface area (Å²) in [7, 11) is 1.52. The molecule has 0 amide bonds. The third-order valence-electron chi connectivity index (χ3n) is 2.57. The predicted octanol–water partition coefficient (Wildman–Crippen LogP) is 4.18. The number of fused-ring (bicyclic) bond motifs is 1. The van der Waals surface area contributed by atoms with Crippen LogP contribution in [-0.2, 0) is 4.84 Å². The van der Waals surface area contributed by atoms with E-state index in [1.165, 1.54) is 7.11 Å². The number of oxime groups is 1. The van der Waals surface area contributed by atoms with Gasteiger partial charge in [0.25, 0.3) is 0 Å². The van der Waals surface area contributed by atoms with Gasteiger partial charge in [0.1, 0.15) is 17.8 Å². The van der Waals surface area contributed by atoms with Crippen LogP contribution < -0.4 is 0 Å². The highest BCUT2D eigenvalue weighted by Gasteiger charge is 2.13. The molecule has 4 nitrogen and oxygen atoms in total. The van der Waals surface area contributed by atoms with Crippen LogP contribution in [0.2, 0.25) is 5.02 Å². The van der Waals surface area contributed by atoms with Crippen LogP contribution >= 0.6 is 34.7 Å². The molecule has 2 heterocycles. The molecule has 2 aromatic heterocycles. The number of hydrogen-bond donors (Lipinski definition) is 0. The zero-order valence-electron chi connectivity index (χ0n) is 10.5. The molecule has 0 N–H and O–H groups in total. The molecule has 0 radical (unpaired) electrons. The lowest BCUT2D eigenvalue weighted by atomic mass is 10.4. The van der Waals surface area contributed by atoms with E-state index in [-0.39, 0.29) is 0 Å². The fourth-order valence-corrected chi connectivity index (χ4v) is 3.48. The summed E-state index contributed by atoms with van der Waals surface area (Å²) < 4.78 is 1.99. The SMILES string of the molecule is CO/N=C\c1c(Sc2ccc(Cl)cc2)nc2sccn12. The summed E-state index contributed by atoms with van der Waals surface area (Å²) in [6, 6.07) is 7.67. The van der Waals surface area contributed by atoms with E-state index < -0.39 is 0 Å². The average molecular weight is 324 g/mol. The van der Waals surface area contributed by atoms with Gasteiger partial charge in [0.05, 0.1) is 6.21 Å². The summed E-state index contributed by atoms with van der Waals surface area (Å²) >= 11 is 9.05. The van der Waals surface area contributed by atoms with Crippen molar-refractivity contribution in [2.24, 2.45) is 5.16 Å². The molecule has 7 heteroatoms. The highest BCUT2D eigenvalue weighted by atomic mass is 35.5. The van der Waals surface area contributed by atoms with E-state index >= 15 is 0 Å². The summed E-state index contributed by atoms with van der Waals surface area (Å²) in [5, 5.41) is 7.45. The second kappa shape index (κ2) is 5.87. The van der Waals surface area contributed by atoms with Gasteiger partial charge in [-0.1, -0.05) is 28.5 Å². The van der Waals surface area contributed by atoms with Crippen molar-refractivity contribution in [1.82, 2.24) is 9.38 Å². The number of nitrogens with zero attached hydrogens (tertiary/aromatic N) is 3. The molecule has 0 unspecified atom stereocenters. The highest BCUT2D eigenvalue weighted by molar-refractivity contribution is 7.99. The van der Waals surface area contributed by atoms with E-state index in [9.17, 15) is 0 Å². The third-order valence-corrected chi connectivity index (χ3v) is 4.58. The Morgan fingerprint density at radius 1 is 1.40 bits per heavy atom. The number of thiazole rings is 1. The van der Waals surface area contributed by atoms with Gasteiger partial charge in [-0.05, 0) is 24.3 Å². The Bertz CT molecular complexity index is 749. The molecule has 0 atom stereocenters. The fourth-order valence-electron chi connectivity index (χ4n) is 1.69. The number of aromatic nitrogens is 2. The maximum absolute atomic E-state index is 5.90. The topological polar surface area (TPSA) is 38.9 Å². The van der Waals surface area contributed by atoms with Crippen molar-refractivity contribution >= 4 is 45.9 Å². The minimum absolute atomic E-state index is 0.723. The van der Waals surface area contributed by atoms with Gasteiger partial charge in [0.15, 0.2) is 4.96 Å². The van der Waals surface area contributed by atoms with Crippen LogP contribution in [0.1, 0.15) is 5.69 Å². The molecule has 0 bridgehead atoms. The zero-order valence-corrected chi connectivity index (χ0v) is 12.9. The van der Waals surface area contributed by atoms with E-state index in [0.29, 0.717) is 0 Å². The normalized spacial score (nSPS) is 11.5. The average Bonchev–Trinajstić information content (AvgIpc) is 3.00. The van der Waals surface area contributed by atoms with Gasteiger partial charge < -0.3 is 4.84 Å². The number of halogens is 1. The van der Waals surface area contributed by atoms with Crippen LogP contribution in [0.3, 0.4) is 0 Å². The van der Waals surface area contributed by atoms with Crippen LogP contribution in [0.5, 0.6) is 0 Å². The van der Waals surface area contributed by atoms with Gasteiger partial charge in [-0.3, -0.25) is 4.40 Å². The lowest BCUT2D eigenvalue weighted by Gasteiger charge is -2.00. The van der Waals surface area contributed by atoms with Crippen LogP contribution in [0.25, 0.3) is 4.96 Å². The summed E-state index contributed by atoms with van der Waals surface area (Å²) in [5.41, 5.74) is 0.906. The predicted molar refractivity (Wildman–Crippen MR) is 83.2 cm³/mol. The summed E-state index contributed by atoms with van der Waals surface area (Å²) in [4.78, 5) is 11.4. The number of imidazole rings is 1. The molecule has 3 rings (SSSR count). The molecule has 0 aliphatic heterocycles. The zero-order chi connectivity index (χ0) is 13.9. The Kier molecular flexibility index (Phi) is 3.95. The minimum atomic E-state index is 0.723. The summed E-state index contributed by atoms with van der Waals surface area (Å²) in [6.45, 7) is 0. The lowest BCUT2D eigenvalue weighted by molar-refractivity contribution is 0.215. The van der Waals surface area contributed by atoms with E-state index in [1.807, 2.05) is 40.2 Å². The second-order valence-corrected chi connectivity index (χ2v) is 6.20. The van der Waals surface area contributed by atoms with Crippen molar-refractivity contribution in [2.75, 3.05) is 7.11 Å². The fraction of sp³-hybridized carbons (Fsp3) is 0.0769. The molecule has 0 aliphatic rings. The van der Waals surface area contributed by atoms with Crippen LogP contribution in [-0.4, -0.2) is 22.7 Å².